The third-order valence-electron chi connectivity index (χ3n) is 4.37. The summed E-state index contributed by atoms with van der Waals surface area (Å²) < 4.78 is 5.17. The van der Waals surface area contributed by atoms with Crippen molar-refractivity contribution in [1.82, 2.24) is 9.97 Å². The highest BCUT2D eigenvalue weighted by molar-refractivity contribution is 7.22. The molecular weight excluding hydrogens is 348 g/mol. The molecule has 3 heterocycles. The fraction of sp³-hybridized carbons (Fsp3) is 0.150. The van der Waals surface area contributed by atoms with Crippen molar-refractivity contribution in [3.63, 3.8) is 0 Å². The maximum atomic E-state index is 12.6. The Morgan fingerprint density at radius 1 is 1.19 bits per heavy atom. The van der Waals surface area contributed by atoms with E-state index in [0.29, 0.717) is 27.4 Å². The maximum Gasteiger partial charge on any atom is 0.259 e. The zero-order chi connectivity index (χ0) is 18.3. The monoisotopic (exact) mass is 364 g/mol. The second kappa shape index (κ2) is 6.38. The fourth-order valence-electron chi connectivity index (χ4n) is 3.06. The van der Waals surface area contributed by atoms with Crippen LogP contribution in [0.25, 0.3) is 20.7 Å². The highest BCUT2D eigenvalue weighted by Crippen LogP contribution is 2.35. The van der Waals surface area contributed by atoms with E-state index in [1.165, 1.54) is 17.6 Å². The Hall–Kier alpha value is -2.99. The summed E-state index contributed by atoms with van der Waals surface area (Å²) in [6, 6.07) is 11.5. The van der Waals surface area contributed by atoms with E-state index in [-0.39, 0.29) is 17.8 Å². The van der Waals surface area contributed by atoms with Crippen molar-refractivity contribution in [1.29, 1.82) is 0 Å². The van der Waals surface area contributed by atoms with E-state index in [4.69, 9.17) is 4.42 Å². The number of hydrogen-bond donors (Lipinski definition) is 1. The highest BCUT2D eigenvalue weighted by atomic mass is 32.1. The summed E-state index contributed by atoms with van der Waals surface area (Å²) in [5, 5.41) is 0.588. The number of furan rings is 1. The first-order valence-corrected chi connectivity index (χ1v) is 9.01. The lowest BCUT2D eigenvalue weighted by Crippen LogP contribution is -2.15. The van der Waals surface area contributed by atoms with E-state index in [1.54, 1.807) is 13.0 Å². The Balaban J connectivity index is 1.76. The van der Waals surface area contributed by atoms with Gasteiger partial charge in [-0.05, 0) is 31.0 Å². The molecule has 0 aliphatic heterocycles. The van der Waals surface area contributed by atoms with Gasteiger partial charge in [-0.3, -0.25) is 9.59 Å². The molecule has 0 radical (unpaired) electrons. The minimum Gasteiger partial charge on any atom is -0.469 e. The summed E-state index contributed by atoms with van der Waals surface area (Å²) in [7, 11) is 0. The van der Waals surface area contributed by atoms with Crippen LogP contribution in [0.15, 0.2) is 51.9 Å². The maximum absolute atomic E-state index is 12.6. The molecule has 1 aromatic carbocycles. The number of nitrogens with one attached hydrogen (secondary N) is 1. The minimum atomic E-state index is -0.211. The molecule has 4 rings (SSSR count). The molecule has 0 bridgehead atoms. The Bertz CT molecular complexity index is 1170. The van der Waals surface area contributed by atoms with Crippen molar-refractivity contribution < 1.29 is 9.21 Å². The number of hydrogen-bond acceptors (Lipinski definition) is 5. The van der Waals surface area contributed by atoms with Crippen LogP contribution in [0.3, 0.4) is 0 Å². The van der Waals surface area contributed by atoms with Gasteiger partial charge in [-0.1, -0.05) is 30.3 Å². The lowest BCUT2D eigenvalue weighted by molar-refractivity contribution is 0.0989. The molecule has 0 atom stereocenters. The standard InChI is InChI=1S/C20H16N2O3S/c1-11-17-19(24)21-16(10-15(23)14-8-9-25-12(14)2)22-20(17)26-18(11)13-6-4-3-5-7-13/h3-9H,10H2,1-2H3,(H,21,22,24). The number of carbonyl (C=O) groups excluding carboxylic acids is 1. The van der Waals surface area contributed by atoms with Gasteiger partial charge in [0, 0.05) is 4.88 Å². The zero-order valence-electron chi connectivity index (χ0n) is 14.3. The second-order valence-corrected chi connectivity index (χ2v) is 7.10. The number of aryl methyl sites for hydroxylation is 2. The molecule has 0 fully saturated rings. The number of rotatable bonds is 4. The van der Waals surface area contributed by atoms with Crippen LogP contribution in [-0.4, -0.2) is 15.8 Å². The minimum absolute atomic E-state index is 0.0309. The van der Waals surface area contributed by atoms with E-state index < -0.39 is 0 Å². The van der Waals surface area contributed by atoms with Crippen molar-refractivity contribution in [3.05, 3.63) is 75.7 Å². The Morgan fingerprint density at radius 3 is 2.65 bits per heavy atom. The molecule has 0 aliphatic rings. The van der Waals surface area contributed by atoms with Gasteiger partial charge in [0.2, 0.25) is 0 Å². The average molecular weight is 364 g/mol. The molecule has 0 saturated carbocycles. The quantitative estimate of drug-likeness (QED) is 0.548. The molecule has 4 aromatic rings. The van der Waals surface area contributed by atoms with Crippen molar-refractivity contribution in [2.45, 2.75) is 20.3 Å². The number of ketones is 1. The fourth-order valence-corrected chi connectivity index (χ4v) is 4.26. The van der Waals surface area contributed by atoms with Gasteiger partial charge in [0.05, 0.1) is 23.6 Å². The third kappa shape index (κ3) is 2.78. The number of thiophene rings is 1. The molecule has 0 saturated heterocycles. The molecule has 0 amide bonds. The van der Waals surface area contributed by atoms with Gasteiger partial charge in [-0.2, -0.15) is 0 Å². The first kappa shape index (κ1) is 16.5. The van der Waals surface area contributed by atoms with E-state index >= 15 is 0 Å². The first-order chi connectivity index (χ1) is 12.5. The summed E-state index contributed by atoms with van der Waals surface area (Å²) in [6.45, 7) is 3.67. The predicted molar refractivity (Wildman–Crippen MR) is 102 cm³/mol. The van der Waals surface area contributed by atoms with E-state index in [0.717, 1.165) is 16.0 Å². The van der Waals surface area contributed by atoms with Crippen LogP contribution in [0, 0.1) is 13.8 Å². The van der Waals surface area contributed by atoms with Crippen LogP contribution in [0.2, 0.25) is 0 Å². The molecule has 0 aliphatic carbocycles. The normalized spacial score (nSPS) is 11.2. The molecule has 1 N–H and O–H groups in total. The number of aromatic amines is 1. The van der Waals surface area contributed by atoms with Crippen molar-refractivity contribution in [2.75, 3.05) is 0 Å². The first-order valence-electron chi connectivity index (χ1n) is 8.19. The summed E-state index contributed by atoms with van der Waals surface area (Å²) >= 11 is 1.47. The molecule has 0 spiro atoms. The molecule has 0 unspecified atom stereocenters. The van der Waals surface area contributed by atoms with E-state index in [9.17, 15) is 9.59 Å². The van der Waals surface area contributed by atoms with Crippen LogP contribution < -0.4 is 5.56 Å². The smallest absolute Gasteiger partial charge is 0.259 e. The van der Waals surface area contributed by atoms with Gasteiger partial charge >= 0.3 is 0 Å². The van der Waals surface area contributed by atoms with E-state index in [1.807, 2.05) is 37.3 Å². The van der Waals surface area contributed by atoms with Crippen LogP contribution in [0.4, 0.5) is 0 Å². The van der Waals surface area contributed by atoms with Crippen LogP contribution in [0.1, 0.15) is 27.5 Å². The van der Waals surface area contributed by atoms with Crippen molar-refractivity contribution >= 4 is 27.3 Å². The molecule has 130 valence electrons. The third-order valence-corrected chi connectivity index (χ3v) is 5.61. The van der Waals surface area contributed by atoms with Gasteiger partial charge in [-0.15, -0.1) is 11.3 Å². The number of nitrogens with zero attached hydrogens (tertiary/aromatic N) is 1. The van der Waals surface area contributed by atoms with Gasteiger partial charge < -0.3 is 9.40 Å². The van der Waals surface area contributed by atoms with Crippen LogP contribution in [0.5, 0.6) is 0 Å². The topological polar surface area (TPSA) is 76.0 Å². The molecule has 6 heteroatoms. The van der Waals surface area contributed by atoms with Gasteiger partial charge in [-0.25, -0.2) is 4.98 Å². The van der Waals surface area contributed by atoms with Crippen molar-refractivity contribution in [2.24, 2.45) is 0 Å². The Kier molecular flexibility index (Phi) is 4.05. The predicted octanol–water partition coefficient (Wildman–Crippen LogP) is 4.29. The highest BCUT2D eigenvalue weighted by Gasteiger charge is 2.18. The number of carbonyl (C=O) groups is 1. The largest absolute Gasteiger partial charge is 0.469 e. The zero-order valence-corrected chi connectivity index (χ0v) is 15.1. The number of fused-ring (bicyclic) bond motifs is 1. The average Bonchev–Trinajstić information content (AvgIpc) is 3.19. The summed E-state index contributed by atoms with van der Waals surface area (Å²) in [6.07, 6.45) is 1.51. The molecule has 3 aromatic heterocycles. The number of H-pyrrole nitrogens is 1. The van der Waals surface area contributed by atoms with Crippen LogP contribution >= 0.6 is 11.3 Å². The lowest BCUT2D eigenvalue weighted by Gasteiger charge is -2.00. The summed E-state index contributed by atoms with van der Waals surface area (Å²) in [4.78, 5) is 34.0. The molecule has 5 nitrogen and oxygen atoms in total. The van der Waals surface area contributed by atoms with Gasteiger partial charge in [0.15, 0.2) is 5.78 Å². The van der Waals surface area contributed by atoms with Gasteiger partial charge in [0.1, 0.15) is 16.4 Å². The molecule has 26 heavy (non-hydrogen) atoms. The SMILES string of the molecule is Cc1occc1C(=O)Cc1nc2sc(-c3ccccc3)c(C)c2c(=O)[nH]1. The van der Waals surface area contributed by atoms with E-state index in [2.05, 4.69) is 9.97 Å². The Morgan fingerprint density at radius 2 is 1.96 bits per heavy atom. The number of aromatic nitrogens is 2. The number of Topliss-reactive ketones (excluding diaryl/α,β-unsaturated/α-hetero) is 1. The Labute approximate surface area is 153 Å². The number of benzene rings is 1. The molecular formula is C20H16N2O3S. The lowest BCUT2D eigenvalue weighted by atomic mass is 10.1. The van der Waals surface area contributed by atoms with Crippen molar-refractivity contribution in [3.8, 4) is 10.4 Å². The van der Waals surface area contributed by atoms with Gasteiger partial charge in [0.25, 0.3) is 5.56 Å². The summed E-state index contributed by atoms with van der Waals surface area (Å²) in [5.74, 6) is 0.807. The summed E-state index contributed by atoms with van der Waals surface area (Å²) in [5.41, 5.74) is 2.27. The van der Waals surface area contributed by atoms with Crippen LogP contribution in [-0.2, 0) is 6.42 Å². The second-order valence-electron chi connectivity index (χ2n) is 6.11.